The molecule has 0 saturated heterocycles. The van der Waals surface area contributed by atoms with E-state index >= 15 is 0 Å². The zero-order valence-electron chi connectivity index (χ0n) is 9.12. The summed E-state index contributed by atoms with van der Waals surface area (Å²) in [5.41, 5.74) is 0.467. The Bertz CT molecular complexity index is 588. The molecule has 88 valence electrons. The number of carbonyl (C=O) groups is 2. The van der Waals surface area contributed by atoms with Gasteiger partial charge in [-0.15, -0.1) is 0 Å². The number of rotatable bonds is 3. The molecular weight excluding hydrogens is 225 g/mol. The second-order valence-electron chi connectivity index (χ2n) is 3.41. The summed E-state index contributed by atoms with van der Waals surface area (Å²) < 4.78 is 18.2. The Morgan fingerprint density at radius 1 is 1.41 bits per heavy atom. The van der Waals surface area contributed by atoms with Crippen LogP contribution in [0, 0.1) is 5.82 Å². The standard InChI is InChI=1S/C12H10FNO3/c1-2-17-12(16)11(15)7-6-14-9-5-3-4-8(13)10(7)9/h3-6,14H,2H2,1H3. The molecular formula is C12H10FNO3. The number of hydrogen-bond acceptors (Lipinski definition) is 3. The number of carbonyl (C=O) groups excluding carboxylic acids is 2. The van der Waals surface area contributed by atoms with Crippen molar-refractivity contribution in [2.75, 3.05) is 6.61 Å². The first-order valence-corrected chi connectivity index (χ1v) is 5.12. The topological polar surface area (TPSA) is 59.2 Å². The molecule has 0 atom stereocenters. The first-order valence-electron chi connectivity index (χ1n) is 5.12. The van der Waals surface area contributed by atoms with Crippen molar-refractivity contribution in [2.24, 2.45) is 0 Å². The van der Waals surface area contributed by atoms with Gasteiger partial charge in [-0.3, -0.25) is 4.79 Å². The summed E-state index contributed by atoms with van der Waals surface area (Å²) in [5, 5.41) is 0.116. The summed E-state index contributed by atoms with van der Waals surface area (Å²) in [7, 11) is 0. The molecule has 0 unspecified atom stereocenters. The van der Waals surface area contributed by atoms with Crippen LogP contribution in [0.15, 0.2) is 24.4 Å². The molecule has 5 heteroatoms. The lowest BCUT2D eigenvalue weighted by Gasteiger charge is -2.00. The number of ketones is 1. The third kappa shape index (κ3) is 1.91. The number of ether oxygens (including phenoxy) is 1. The lowest BCUT2D eigenvalue weighted by Crippen LogP contribution is -2.17. The SMILES string of the molecule is CCOC(=O)C(=O)c1c[nH]c2cccc(F)c12. The Hall–Kier alpha value is -2.17. The van der Waals surface area contributed by atoms with Crippen LogP contribution in [0.3, 0.4) is 0 Å². The molecule has 0 radical (unpaired) electrons. The van der Waals surface area contributed by atoms with Crippen LogP contribution in [0.5, 0.6) is 0 Å². The lowest BCUT2D eigenvalue weighted by molar-refractivity contribution is -0.137. The van der Waals surface area contributed by atoms with E-state index < -0.39 is 17.6 Å². The number of halogens is 1. The summed E-state index contributed by atoms with van der Waals surface area (Å²) >= 11 is 0. The number of H-pyrrole nitrogens is 1. The molecule has 1 heterocycles. The monoisotopic (exact) mass is 235 g/mol. The molecule has 0 fully saturated rings. The number of hydrogen-bond donors (Lipinski definition) is 1. The van der Waals surface area contributed by atoms with E-state index in [-0.39, 0.29) is 17.6 Å². The van der Waals surface area contributed by atoms with E-state index in [0.717, 1.165) is 0 Å². The molecule has 0 bridgehead atoms. The minimum atomic E-state index is -0.975. The zero-order chi connectivity index (χ0) is 12.4. The number of aromatic nitrogens is 1. The molecule has 1 aromatic heterocycles. The van der Waals surface area contributed by atoms with Crippen LogP contribution in [-0.2, 0) is 9.53 Å². The second-order valence-corrected chi connectivity index (χ2v) is 3.41. The fraction of sp³-hybridized carbons (Fsp3) is 0.167. The van der Waals surface area contributed by atoms with Gasteiger partial charge in [0.2, 0.25) is 0 Å². The molecule has 0 spiro atoms. The third-order valence-electron chi connectivity index (χ3n) is 2.36. The third-order valence-corrected chi connectivity index (χ3v) is 2.36. The zero-order valence-corrected chi connectivity index (χ0v) is 9.12. The van der Waals surface area contributed by atoms with E-state index in [1.165, 1.54) is 18.3 Å². The molecule has 2 rings (SSSR count). The maximum atomic E-state index is 13.6. The number of fused-ring (bicyclic) bond motifs is 1. The molecule has 0 aliphatic heterocycles. The highest BCUT2D eigenvalue weighted by Crippen LogP contribution is 2.22. The Labute approximate surface area is 96.4 Å². The second kappa shape index (κ2) is 4.37. The number of benzene rings is 1. The molecule has 17 heavy (non-hydrogen) atoms. The summed E-state index contributed by atoms with van der Waals surface area (Å²) in [6.45, 7) is 1.70. The number of nitrogens with one attached hydrogen (secondary N) is 1. The minimum absolute atomic E-state index is 0.00319. The highest BCUT2D eigenvalue weighted by molar-refractivity contribution is 6.43. The van der Waals surface area contributed by atoms with Gasteiger partial charge in [0.1, 0.15) is 5.82 Å². The molecule has 0 aliphatic carbocycles. The number of Topliss-reactive ketones (excluding diaryl/α,β-unsaturated/α-hetero) is 1. The van der Waals surface area contributed by atoms with E-state index in [1.807, 2.05) is 0 Å². The van der Waals surface area contributed by atoms with Crippen LogP contribution in [0.2, 0.25) is 0 Å². The highest BCUT2D eigenvalue weighted by Gasteiger charge is 2.22. The van der Waals surface area contributed by atoms with Gasteiger partial charge in [0.05, 0.1) is 12.2 Å². The van der Waals surface area contributed by atoms with Gasteiger partial charge in [-0.2, -0.15) is 0 Å². The number of aromatic amines is 1. The predicted molar refractivity (Wildman–Crippen MR) is 59.2 cm³/mol. The quantitative estimate of drug-likeness (QED) is 0.503. The van der Waals surface area contributed by atoms with Crippen molar-refractivity contribution in [1.82, 2.24) is 4.98 Å². The van der Waals surface area contributed by atoms with Gasteiger partial charge in [-0.25, -0.2) is 9.18 Å². The van der Waals surface area contributed by atoms with Crippen molar-refractivity contribution < 1.29 is 18.7 Å². The largest absolute Gasteiger partial charge is 0.460 e. The maximum absolute atomic E-state index is 13.6. The van der Waals surface area contributed by atoms with Crippen LogP contribution in [0.4, 0.5) is 4.39 Å². The fourth-order valence-corrected chi connectivity index (χ4v) is 1.63. The Balaban J connectivity index is 2.49. The molecule has 0 saturated carbocycles. The molecule has 0 amide bonds. The first-order chi connectivity index (χ1) is 8.15. The molecule has 2 aromatic rings. The molecule has 1 aromatic carbocycles. The van der Waals surface area contributed by atoms with Gasteiger partial charge >= 0.3 is 5.97 Å². The van der Waals surface area contributed by atoms with Crippen molar-refractivity contribution >= 4 is 22.7 Å². The van der Waals surface area contributed by atoms with Crippen molar-refractivity contribution in [3.05, 3.63) is 35.8 Å². The summed E-state index contributed by atoms with van der Waals surface area (Å²) in [6, 6.07) is 4.38. The fourth-order valence-electron chi connectivity index (χ4n) is 1.63. The van der Waals surface area contributed by atoms with Crippen molar-refractivity contribution in [1.29, 1.82) is 0 Å². The van der Waals surface area contributed by atoms with Gasteiger partial charge in [0, 0.05) is 17.1 Å². The molecule has 0 aliphatic rings. The van der Waals surface area contributed by atoms with Crippen LogP contribution in [0.1, 0.15) is 17.3 Å². The van der Waals surface area contributed by atoms with E-state index in [0.29, 0.717) is 5.52 Å². The normalized spacial score (nSPS) is 10.5. The average Bonchev–Trinajstić information content (AvgIpc) is 2.73. The van der Waals surface area contributed by atoms with E-state index in [1.54, 1.807) is 13.0 Å². The minimum Gasteiger partial charge on any atom is -0.460 e. The summed E-state index contributed by atoms with van der Waals surface area (Å²) in [6.07, 6.45) is 1.31. The van der Waals surface area contributed by atoms with Crippen LogP contribution >= 0.6 is 0 Å². The smallest absolute Gasteiger partial charge is 0.379 e. The van der Waals surface area contributed by atoms with Gasteiger partial charge in [-0.05, 0) is 19.1 Å². The van der Waals surface area contributed by atoms with Crippen molar-refractivity contribution in [3.8, 4) is 0 Å². The van der Waals surface area contributed by atoms with Gasteiger partial charge in [-0.1, -0.05) is 6.07 Å². The van der Waals surface area contributed by atoms with Crippen LogP contribution in [-0.4, -0.2) is 23.3 Å². The first kappa shape index (κ1) is 11.3. The van der Waals surface area contributed by atoms with Crippen molar-refractivity contribution in [2.45, 2.75) is 6.92 Å². The Morgan fingerprint density at radius 3 is 2.88 bits per heavy atom. The van der Waals surface area contributed by atoms with Crippen LogP contribution in [0.25, 0.3) is 10.9 Å². The highest BCUT2D eigenvalue weighted by atomic mass is 19.1. The lowest BCUT2D eigenvalue weighted by atomic mass is 10.1. The summed E-state index contributed by atoms with van der Waals surface area (Å²) in [4.78, 5) is 25.7. The maximum Gasteiger partial charge on any atom is 0.379 e. The Morgan fingerprint density at radius 2 is 2.18 bits per heavy atom. The van der Waals surface area contributed by atoms with Gasteiger partial charge < -0.3 is 9.72 Å². The molecule has 1 N–H and O–H groups in total. The summed E-state index contributed by atoms with van der Waals surface area (Å²) in [5.74, 6) is -2.36. The number of esters is 1. The molecule has 4 nitrogen and oxygen atoms in total. The van der Waals surface area contributed by atoms with Crippen LogP contribution < -0.4 is 0 Å². The van der Waals surface area contributed by atoms with Crippen molar-refractivity contribution in [3.63, 3.8) is 0 Å². The van der Waals surface area contributed by atoms with Gasteiger partial charge in [0.25, 0.3) is 5.78 Å². The van der Waals surface area contributed by atoms with E-state index in [2.05, 4.69) is 9.72 Å². The van der Waals surface area contributed by atoms with E-state index in [9.17, 15) is 14.0 Å². The van der Waals surface area contributed by atoms with E-state index in [4.69, 9.17) is 0 Å². The average molecular weight is 235 g/mol. The Kier molecular flexibility index (Phi) is 2.91. The van der Waals surface area contributed by atoms with Gasteiger partial charge in [0.15, 0.2) is 0 Å². The predicted octanol–water partition coefficient (Wildman–Crippen LogP) is 2.05.